The summed E-state index contributed by atoms with van der Waals surface area (Å²) in [5.74, 6) is 0.504. The summed E-state index contributed by atoms with van der Waals surface area (Å²) in [6.07, 6.45) is 3.35. The van der Waals surface area contributed by atoms with Crippen molar-refractivity contribution in [2.75, 3.05) is 0 Å². The van der Waals surface area contributed by atoms with Crippen molar-refractivity contribution in [3.05, 3.63) is 102 Å². The fourth-order valence-corrected chi connectivity index (χ4v) is 3.56. The van der Waals surface area contributed by atoms with Gasteiger partial charge < -0.3 is 0 Å². The Labute approximate surface area is 148 Å². The van der Waals surface area contributed by atoms with Crippen molar-refractivity contribution in [1.29, 1.82) is 0 Å². The molecule has 4 rings (SSSR count). The predicted octanol–water partition coefficient (Wildman–Crippen LogP) is 5.88. The van der Waals surface area contributed by atoms with E-state index in [4.69, 9.17) is 0 Å². The minimum Gasteiger partial charge on any atom is -0.295 e. The fraction of sp³-hybridized carbons (Fsp3) is 0.125. The molecule has 0 amide bonds. The molecule has 3 aromatic rings. The SMILES string of the molecule is O=C1C=C(c2ccc(-c3ccccc3)cc2)CC(c2ccccc2)C1. The number of carbonyl (C=O) groups is 1. The third kappa shape index (κ3) is 3.46. The largest absolute Gasteiger partial charge is 0.295 e. The van der Waals surface area contributed by atoms with E-state index in [0.717, 1.165) is 17.6 Å². The first-order chi connectivity index (χ1) is 12.3. The maximum absolute atomic E-state index is 12.2. The average molecular weight is 324 g/mol. The van der Waals surface area contributed by atoms with Gasteiger partial charge in [0.15, 0.2) is 5.78 Å². The van der Waals surface area contributed by atoms with Gasteiger partial charge in [-0.05, 0) is 46.2 Å². The smallest absolute Gasteiger partial charge is 0.156 e. The second-order valence-corrected chi connectivity index (χ2v) is 6.60. The van der Waals surface area contributed by atoms with E-state index in [1.54, 1.807) is 0 Å². The molecule has 122 valence electrons. The van der Waals surface area contributed by atoms with E-state index in [1.807, 2.05) is 30.3 Å². The third-order valence-electron chi connectivity index (χ3n) is 4.88. The van der Waals surface area contributed by atoms with Gasteiger partial charge >= 0.3 is 0 Å². The first-order valence-corrected chi connectivity index (χ1v) is 8.74. The summed E-state index contributed by atoms with van der Waals surface area (Å²) in [6, 6.07) is 29.3. The van der Waals surface area contributed by atoms with Gasteiger partial charge in [-0.3, -0.25) is 4.79 Å². The van der Waals surface area contributed by atoms with Crippen LogP contribution in [0, 0.1) is 0 Å². The van der Waals surface area contributed by atoms with Gasteiger partial charge in [0.1, 0.15) is 0 Å². The molecule has 3 aromatic carbocycles. The molecular formula is C24H20O. The van der Waals surface area contributed by atoms with Gasteiger partial charge in [-0.2, -0.15) is 0 Å². The number of carbonyl (C=O) groups excluding carboxylic acids is 1. The highest BCUT2D eigenvalue weighted by Gasteiger charge is 2.22. The van der Waals surface area contributed by atoms with Crippen molar-refractivity contribution >= 4 is 11.4 Å². The van der Waals surface area contributed by atoms with Gasteiger partial charge in [0, 0.05) is 6.42 Å². The molecule has 25 heavy (non-hydrogen) atoms. The molecule has 0 saturated heterocycles. The Morgan fingerprint density at radius 3 is 1.84 bits per heavy atom. The molecule has 1 aliphatic rings. The molecule has 0 fully saturated rings. The zero-order chi connectivity index (χ0) is 17.1. The van der Waals surface area contributed by atoms with Crippen molar-refractivity contribution in [2.45, 2.75) is 18.8 Å². The molecular weight excluding hydrogens is 304 g/mol. The normalized spacial score (nSPS) is 17.2. The molecule has 1 unspecified atom stereocenters. The van der Waals surface area contributed by atoms with Crippen LogP contribution in [0.2, 0.25) is 0 Å². The molecule has 1 atom stereocenters. The number of hydrogen-bond donors (Lipinski definition) is 0. The Morgan fingerprint density at radius 1 is 0.600 bits per heavy atom. The predicted molar refractivity (Wildman–Crippen MR) is 103 cm³/mol. The second kappa shape index (κ2) is 6.90. The van der Waals surface area contributed by atoms with Crippen LogP contribution in [-0.2, 0) is 4.79 Å². The van der Waals surface area contributed by atoms with Gasteiger partial charge in [-0.15, -0.1) is 0 Å². The summed E-state index contributed by atoms with van der Waals surface area (Å²) in [7, 11) is 0. The average Bonchev–Trinajstić information content (AvgIpc) is 2.69. The van der Waals surface area contributed by atoms with Crippen LogP contribution in [0.5, 0.6) is 0 Å². The third-order valence-corrected chi connectivity index (χ3v) is 4.88. The van der Waals surface area contributed by atoms with Gasteiger partial charge in [-0.25, -0.2) is 0 Å². The number of hydrogen-bond acceptors (Lipinski definition) is 1. The maximum atomic E-state index is 12.2. The molecule has 0 aromatic heterocycles. The number of ketones is 1. The summed E-state index contributed by atoms with van der Waals surface area (Å²) in [4.78, 5) is 12.2. The van der Waals surface area contributed by atoms with E-state index < -0.39 is 0 Å². The summed E-state index contributed by atoms with van der Waals surface area (Å²) in [5.41, 5.74) is 5.96. The molecule has 0 saturated carbocycles. The monoisotopic (exact) mass is 324 g/mol. The Bertz CT molecular complexity index is 890. The van der Waals surface area contributed by atoms with Crippen LogP contribution < -0.4 is 0 Å². The van der Waals surface area contributed by atoms with Crippen molar-refractivity contribution in [1.82, 2.24) is 0 Å². The van der Waals surface area contributed by atoms with Crippen molar-refractivity contribution in [3.8, 4) is 11.1 Å². The number of rotatable bonds is 3. The molecule has 0 radical (unpaired) electrons. The highest BCUT2D eigenvalue weighted by Crippen LogP contribution is 2.36. The highest BCUT2D eigenvalue weighted by atomic mass is 16.1. The Balaban J connectivity index is 1.59. The van der Waals surface area contributed by atoms with Crippen LogP contribution in [0.25, 0.3) is 16.7 Å². The van der Waals surface area contributed by atoms with E-state index in [0.29, 0.717) is 6.42 Å². The lowest BCUT2D eigenvalue weighted by atomic mass is 9.81. The minimum atomic E-state index is 0.224. The van der Waals surface area contributed by atoms with E-state index in [-0.39, 0.29) is 11.7 Å². The molecule has 0 spiro atoms. The second-order valence-electron chi connectivity index (χ2n) is 6.60. The Hall–Kier alpha value is -2.93. The summed E-state index contributed by atoms with van der Waals surface area (Å²) < 4.78 is 0. The number of allylic oxidation sites excluding steroid dienone is 2. The summed E-state index contributed by atoms with van der Waals surface area (Å²) in [5, 5.41) is 0. The summed E-state index contributed by atoms with van der Waals surface area (Å²) in [6.45, 7) is 0. The highest BCUT2D eigenvalue weighted by molar-refractivity contribution is 5.99. The van der Waals surface area contributed by atoms with Gasteiger partial charge in [-0.1, -0.05) is 84.9 Å². The standard InChI is InChI=1S/C24H20O/c25-24-16-22(19-9-5-2-6-10-19)15-23(17-24)21-13-11-20(12-14-21)18-7-3-1-4-8-18/h1-14,17,22H,15-16H2. The van der Waals surface area contributed by atoms with E-state index >= 15 is 0 Å². The first kappa shape index (κ1) is 15.6. The van der Waals surface area contributed by atoms with Crippen LogP contribution in [-0.4, -0.2) is 5.78 Å². The Morgan fingerprint density at radius 2 is 1.16 bits per heavy atom. The molecule has 0 N–H and O–H groups in total. The van der Waals surface area contributed by atoms with Crippen LogP contribution in [0.15, 0.2) is 91.0 Å². The van der Waals surface area contributed by atoms with E-state index in [9.17, 15) is 4.79 Å². The lowest BCUT2D eigenvalue weighted by Crippen LogP contribution is -2.12. The fourth-order valence-electron chi connectivity index (χ4n) is 3.56. The van der Waals surface area contributed by atoms with Crippen LogP contribution >= 0.6 is 0 Å². The van der Waals surface area contributed by atoms with Crippen LogP contribution in [0.1, 0.15) is 29.9 Å². The van der Waals surface area contributed by atoms with Gasteiger partial charge in [0.2, 0.25) is 0 Å². The zero-order valence-electron chi connectivity index (χ0n) is 14.1. The first-order valence-electron chi connectivity index (χ1n) is 8.74. The number of benzene rings is 3. The quantitative estimate of drug-likeness (QED) is 0.587. The topological polar surface area (TPSA) is 17.1 Å². The molecule has 0 heterocycles. The van der Waals surface area contributed by atoms with E-state index in [1.165, 1.54) is 16.7 Å². The molecule has 1 nitrogen and oxygen atoms in total. The maximum Gasteiger partial charge on any atom is 0.156 e. The molecule has 1 aliphatic carbocycles. The molecule has 1 heteroatoms. The van der Waals surface area contributed by atoms with Crippen LogP contribution in [0.3, 0.4) is 0 Å². The van der Waals surface area contributed by atoms with Crippen molar-refractivity contribution in [3.63, 3.8) is 0 Å². The Kier molecular flexibility index (Phi) is 4.30. The van der Waals surface area contributed by atoms with Crippen molar-refractivity contribution in [2.24, 2.45) is 0 Å². The molecule has 0 bridgehead atoms. The minimum absolute atomic E-state index is 0.224. The van der Waals surface area contributed by atoms with Gasteiger partial charge in [0.05, 0.1) is 0 Å². The molecule has 0 aliphatic heterocycles. The van der Waals surface area contributed by atoms with Gasteiger partial charge in [0.25, 0.3) is 0 Å². The lowest BCUT2D eigenvalue weighted by molar-refractivity contribution is -0.115. The van der Waals surface area contributed by atoms with E-state index in [2.05, 4.69) is 60.7 Å². The summed E-state index contributed by atoms with van der Waals surface area (Å²) >= 11 is 0. The zero-order valence-corrected chi connectivity index (χ0v) is 14.1. The van der Waals surface area contributed by atoms with Crippen LogP contribution in [0.4, 0.5) is 0 Å². The lowest BCUT2D eigenvalue weighted by Gasteiger charge is -2.23. The van der Waals surface area contributed by atoms with Crippen molar-refractivity contribution < 1.29 is 4.79 Å².